The molecule has 7 heteroatoms. The van der Waals surface area contributed by atoms with Crippen LogP contribution in [0.25, 0.3) is 0 Å². The van der Waals surface area contributed by atoms with Gasteiger partial charge in [-0.25, -0.2) is 4.79 Å². The first kappa shape index (κ1) is 19.1. The second-order valence-electron chi connectivity index (χ2n) is 5.36. The highest BCUT2D eigenvalue weighted by molar-refractivity contribution is 6.37. The molecular formula is C18H17Cl2NO4. The van der Waals surface area contributed by atoms with Crippen LogP contribution < -0.4 is 10.1 Å². The lowest BCUT2D eigenvalue weighted by Gasteiger charge is -2.17. The zero-order valence-corrected chi connectivity index (χ0v) is 15.4. The molecule has 1 amide bonds. The number of ether oxygens (including phenoxy) is 2. The molecule has 0 aliphatic heterocycles. The van der Waals surface area contributed by atoms with E-state index in [0.717, 1.165) is 5.56 Å². The zero-order valence-electron chi connectivity index (χ0n) is 13.9. The molecule has 2 aromatic rings. The molecule has 0 bridgehead atoms. The van der Waals surface area contributed by atoms with Gasteiger partial charge in [-0.1, -0.05) is 40.9 Å². The van der Waals surface area contributed by atoms with Crippen LogP contribution in [0.3, 0.4) is 0 Å². The molecule has 1 atom stereocenters. The van der Waals surface area contributed by atoms with E-state index in [0.29, 0.717) is 5.75 Å². The van der Waals surface area contributed by atoms with Crippen molar-refractivity contribution in [2.75, 3.05) is 12.4 Å². The second kappa shape index (κ2) is 8.23. The van der Waals surface area contributed by atoms with Crippen molar-refractivity contribution >= 4 is 40.8 Å². The van der Waals surface area contributed by atoms with Gasteiger partial charge in [0.15, 0.2) is 6.10 Å². The number of amides is 1. The van der Waals surface area contributed by atoms with Gasteiger partial charge in [-0.3, -0.25) is 4.79 Å². The number of nitrogens with one attached hydrogen (secondary N) is 1. The number of carbonyl (C=O) groups excluding carboxylic acids is 2. The van der Waals surface area contributed by atoms with Gasteiger partial charge in [0.05, 0.1) is 23.4 Å². The van der Waals surface area contributed by atoms with Crippen molar-refractivity contribution in [1.82, 2.24) is 0 Å². The number of methoxy groups -OCH3 is 1. The lowest BCUT2D eigenvalue weighted by atomic mass is 10.1. The minimum absolute atomic E-state index is 0.0656. The van der Waals surface area contributed by atoms with E-state index in [2.05, 4.69) is 5.32 Å². The summed E-state index contributed by atoms with van der Waals surface area (Å²) in [4.78, 5) is 24.3. The molecule has 0 fully saturated rings. The summed E-state index contributed by atoms with van der Waals surface area (Å²) in [5.41, 5.74) is 1.28. The molecule has 25 heavy (non-hydrogen) atoms. The Morgan fingerprint density at radius 3 is 2.36 bits per heavy atom. The molecule has 1 N–H and O–H groups in total. The predicted molar refractivity (Wildman–Crippen MR) is 97.7 cm³/mol. The SMILES string of the molecule is COC(=O)c1cc(Cl)cc(Cl)c1NC(=O)[C@H](C)Oc1ccc(C)cc1. The number of anilines is 1. The molecule has 0 heterocycles. The largest absolute Gasteiger partial charge is 0.481 e. The van der Waals surface area contributed by atoms with Crippen LogP contribution in [0.2, 0.25) is 10.0 Å². The topological polar surface area (TPSA) is 64.6 Å². The van der Waals surface area contributed by atoms with E-state index in [-0.39, 0.29) is 21.3 Å². The average Bonchev–Trinajstić information content (AvgIpc) is 2.58. The van der Waals surface area contributed by atoms with Gasteiger partial charge in [-0.15, -0.1) is 0 Å². The highest BCUT2D eigenvalue weighted by atomic mass is 35.5. The zero-order chi connectivity index (χ0) is 18.6. The van der Waals surface area contributed by atoms with Crippen molar-refractivity contribution in [1.29, 1.82) is 0 Å². The van der Waals surface area contributed by atoms with Crippen LogP contribution in [-0.2, 0) is 9.53 Å². The normalized spacial score (nSPS) is 11.6. The van der Waals surface area contributed by atoms with Crippen molar-refractivity contribution in [2.24, 2.45) is 0 Å². The Morgan fingerprint density at radius 2 is 1.76 bits per heavy atom. The van der Waals surface area contributed by atoms with Gasteiger partial charge >= 0.3 is 5.97 Å². The third-order valence-electron chi connectivity index (χ3n) is 3.41. The summed E-state index contributed by atoms with van der Waals surface area (Å²) in [5.74, 6) is -0.564. The van der Waals surface area contributed by atoms with Gasteiger partial charge in [0, 0.05) is 5.02 Å². The van der Waals surface area contributed by atoms with Crippen LogP contribution in [0.5, 0.6) is 5.75 Å². The van der Waals surface area contributed by atoms with E-state index < -0.39 is 18.0 Å². The molecule has 0 spiro atoms. The number of esters is 1. The van der Waals surface area contributed by atoms with E-state index in [9.17, 15) is 9.59 Å². The van der Waals surface area contributed by atoms with E-state index in [1.165, 1.54) is 19.2 Å². The fraction of sp³-hybridized carbons (Fsp3) is 0.222. The number of halogens is 2. The Hall–Kier alpha value is -2.24. The Balaban J connectivity index is 2.19. The first-order valence-corrected chi connectivity index (χ1v) is 8.19. The van der Waals surface area contributed by atoms with Crippen LogP contribution >= 0.6 is 23.2 Å². The van der Waals surface area contributed by atoms with Crippen molar-refractivity contribution < 1.29 is 19.1 Å². The first-order valence-electron chi connectivity index (χ1n) is 7.43. The highest BCUT2D eigenvalue weighted by Crippen LogP contribution is 2.31. The van der Waals surface area contributed by atoms with Crippen LogP contribution in [0.1, 0.15) is 22.8 Å². The lowest BCUT2D eigenvalue weighted by Crippen LogP contribution is -2.31. The highest BCUT2D eigenvalue weighted by Gasteiger charge is 2.22. The fourth-order valence-electron chi connectivity index (χ4n) is 2.07. The van der Waals surface area contributed by atoms with E-state index in [1.807, 2.05) is 19.1 Å². The standard InChI is InChI=1S/C18H17Cl2NO4/c1-10-4-6-13(7-5-10)25-11(2)17(22)21-16-14(18(23)24-3)8-12(19)9-15(16)20/h4-9,11H,1-3H3,(H,21,22)/t11-/m0/s1. The molecule has 0 aliphatic carbocycles. The Morgan fingerprint density at radius 1 is 1.12 bits per heavy atom. The smallest absolute Gasteiger partial charge is 0.340 e. The molecule has 132 valence electrons. The van der Waals surface area contributed by atoms with Crippen molar-refractivity contribution in [3.8, 4) is 5.75 Å². The summed E-state index contributed by atoms with van der Waals surface area (Å²) in [6.07, 6.45) is -0.806. The lowest BCUT2D eigenvalue weighted by molar-refractivity contribution is -0.122. The summed E-state index contributed by atoms with van der Waals surface area (Å²) < 4.78 is 10.3. The van der Waals surface area contributed by atoms with Gasteiger partial charge in [-0.2, -0.15) is 0 Å². The summed E-state index contributed by atoms with van der Waals surface area (Å²) in [5, 5.41) is 2.98. The van der Waals surface area contributed by atoms with E-state index >= 15 is 0 Å². The Bertz CT molecular complexity index is 790. The molecule has 0 aliphatic rings. The molecule has 0 radical (unpaired) electrons. The van der Waals surface area contributed by atoms with Crippen LogP contribution in [0.15, 0.2) is 36.4 Å². The number of carbonyl (C=O) groups is 2. The number of benzene rings is 2. The minimum atomic E-state index is -0.806. The summed E-state index contributed by atoms with van der Waals surface area (Å²) >= 11 is 12.0. The van der Waals surface area contributed by atoms with Gasteiger partial charge in [-0.05, 0) is 38.1 Å². The molecule has 5 nitrogen and oxygen atoms in total. The van der Waals surface area contributed by atoms with E-state index in [4.69, 9.17) is 32.7 Å². The Labute approximate surface area is 155 Å². The van der Waals surface area contributed by atoms with Crippen molar-refractivity contribution in [3.05, 3.63) is 57.6 Å². The quantitative estimate of drug-likeness (QED) is 0.774. The number of aryl methyl sites for hydroxylation is 1. The van der Waals surface area contributed by atoms with Crippen molar-refractivity contribution in [2.45, 2.75) is 20.0 Å². The third-order valence-corrected chi connectivity index (χ3v) is 3.93. The monoisotopic (exact) mass is 381 g/mol. The maximum atomic E-state index is 12.4. The van der Waals surface area contributed by atoms with Crippen molar-refractivity contribution in [3.63, 3.8) is 0 Å². The number of hydrogen-bond acceptors (Lipinski definition) is 4. The van der Waals surface area contributed by atoms with Gasteiger partial charge in [0.1, 0.15) is 5.75 Å². The molecule has 2 rings (SSSR count). The summed E-state index contributed by atoms with van der Waals surface area (Å²) in [7, 11) is 1.23. The molecule has 2 aromatic carbocycles. The molecule has 0 aromatic heterocycles. The second-order valence-corrected chi connectivity index (χ2v) is 6.21. The minimum Gasteiger partial charge on any atom is -0.481 e. The van der Waals surface area contributed by atoms with Gasteiger partial charge < -0.3 is 14.8 Å². The fourth-order valence-corrected chi connectivity index (χ4v) is 2.61. The average molecular weight is 382 g/mol. The maximum absolute atomic E-state index is 12.4. The predicted octanol–water partition coefficient (Wildman–Crippen LogP) is 4.49. The molecular weight excluding hydrogens is 365 g/mol. The van der Waals surface area contributed by atoms with Crippen LogP contribution in [0, 0.1) is 6.92 Å². The van der Waals surface area contributed by atoms with Crippen LogP contribution in [-0.4, -0.2) is 25.1 Å². The number of hydrogen-bond donors (Lipinski definition) is 1. The van der Waals surface area contributed by atoms with E-state index in [1.54, 1.807) is 19.1 Å². The Kier molecular flexibility index (Phi) is 6.28. The molecule has 0 saturated heterocycles. The summed E-state index contributed by atoms with van der Waals surface area (Å²) in [6, 6.07) is 10.1. The molecule has 0 unspecified atom stereocenters. The molecule has 0 saturated carbocycles. The summed E-state index contributed by atoms with van der Waals surface area (Å²) in [6.45, 7) is 3.55. The maximum Gasteiger partial charge on any atom is 0.340 e. The van der Waals surface area contributed by atoms with Gasteiger partial charge in [0.2, 0.25) is 0 Å². The third kappa shape index (κ3) is 4.87. The first-order chi connectivity index (χ1) is 11.8. The van der Waals surface area contributed by atoms with Gasteiger partial charge in [0.25, 0.3) is 5.91 Å². The van der Waals surface area contributed by atoms with Crippen LogP contribution in [0.4, 0.5) is 5.69 Å². The number of rotatable bonds is 5.